The van der Waals surface area contributed by atoms with Crippen LogP contribution in [-0.4, -0.2) is 43.8 Å². The SMILES string of the molecule is [N-]=[N+]=NCc1cn(-c2cc(F)c(N3CCS(=O)CC3)c(F)c2)nn1. The molecule has 1 fully saturated rings. The molecule has 24 heavy (non-hydrogen) atoms. The first kappa shape index (κ1) is 16.3. The van der Waals surface area contributed by atoms with E-state index in [1.165, 1.54) is 10.9 Å². The third-order valence-corrected chi connectivity index (χ3v) is 4.87. The Bertz CT molecular complexity index is 800. The van der Waals surface area contributed by atoms with E-state index in [0.29, 0.717) is 30.3 Å². The van der Waals surface area contributed by atoms with Crippen LogP contribution < -0.4 is 4.90 Å². The molecule has 0 unspecified atom stereocenters. The monoisotopic (exact) mass is 353 g/mol. The van der Waals surface area contributed by atoms with Crippen molar-refractivity contribution in [1.82, 2.24) is 15.0 Å². The normalized spacial score (nSPS) is 15.3. The lowest BCUT2D eigenvalue weighted by atomic mass is 10.2. The number of hydrogen-bond acceptors (Lipinski definition) is 5. The van der Waals surface area contributed by atoms with Gasteiger partial charge in [0.05, 0.1) is 24.1 Å². The van der Waals surface area contributed by atoms with Crippen molar-refractivity contribution in [2.75, 3.05) is 29.5 Å². The van der Waals surface area contributed by atoms with E-state index in [9.17, 15) is 13.0 Å². The number of halogens is 2. The lowest BCUT2D eigenvalue weighted by molar-refractivity contribution is 0.568. The van der Waals surface area contributed by atoms with Crippen molar-refractivity contribution in [3.05, 3.63) is 46.1 Å². The Hall–Kier alpha value is -2.52. The van der Waals surface area contributed by atoms with Gasteiger partial charge in [-0.1, -0.05) is 10.3 Å². The molecule has 0 amide bonds. The third kappa shape index (κ3) is 3.36. The number of nitrogens with zero attached hydrogens (tertiary/aromatic N) is 7. The fourth-order valence-electron chi connectivity index (χ4n) is 2.45. The fraction of sp³-hybridized carbons (Fsp3) is 0.385. The van der Waals surface area contributed by atoms with Crippen LogP contribution in [-0.2, 0) is 17.3 Å². The van der Waals surface area contributed by atoms with Gasteiger partial charge in [0.1, 0.15) is 5.69 Å². The molecular formula is C13H13F2N7OS. The predicted octanol–water partition coefficient (Wildman–Crippen LogP) is 1.92. The van der Waals surface area contributed by atoms with E-state index in [-0.39, 0.29) is 17.9 Å². The van der Waals surface area contributed by atoms with E-state index in [2.05, 4.69) is 20.3 Å². The number of anilines is 1. The Kier molecular flexibility index (Phi) is 4.72. The first-order chi connectivity index (χ1) is 11.6. The van der Waals surface area contributed by atoms with Crippen LogP contribution in [0.2, 0.25) is 0 Å². The zero-order valence-corrected chi connectivity index (χ0v) is 13.3. The van der Waals surface area contributed by atoms with Crippen LogP contribution in [0.5, 0.6) is 0 Å². The Labute approximate surface area is 138 Å². The van der Waals surface area contributed by atoms with Gasteiger partial charge < -0.3 is 4.90 Å². The molecule has 11 heteroatoms. The second-order valence-electron chi connectivity index (χ2n) is 5.14. The molecule has 0 atom stereocenters. The highest BCUT2D eigenvalue weighted by Gasteiger charge is 2.22. The maximum absolute atomic E-state index is 14.4. The van der Waals surface area contributed by atoms with Crippen molar-refractivity contribution in [2.24, 2.45) is 5.11 Å². The lowest BCUT2D eigenvalue weighted by Crippen LogP contribution is -2.38. The summed E-state index contributed by atoms with van der Waals surface area (Å²) in [5, 5.41) is 10.9. The van der Waals surface area contributed by atoms with Gasteiger partial charge in [-0.3, -0.25) is 4.21 Å². The molecule has 0 N–H and O–H groups in total. The van der Waals surface area contributed by atoms with Crippen LogP contribution in [0.4, 0.5) is 14.5 Å². The quantitative estimate of drug-likeness (QED) is 0.476. The molecule has 1 aromatic carbocycles. The summed E-state index contributed by atoms with van der Waals surface area (Å²) < 4.78 is 41.4. The lowest BCUT2D eigenvalue weighted by Gasteiger charge is -2.29. The van der Waals surface area contributed by atoms with Crippen LogP contribution in [0.15, 0.2) is 23.4 Å². The molecule has 3 rings (SSSR count). The van der Waals surface area contributed by atoms with E-state index >= 15 is 0 Å². The molecule has 8 nitrogen and oxygen atoms in total. The van der Waals surface area contributed by atoms with Gasteiger partial charge in [-0.05, 0) is 5.53 Å². The summed E-state index contributed by atoms with van der Waals surface area (Å²) in [6, 6.07) is 2.33. The Balaban J connectivity index is 1.88. The molecule has 2 aromatic rings. The molecule has 1 aliphatic rings. The molecule has 2 heterocycles. The van der Waals surface area contributed by atoms with Gasteiger partial charge in [0.25, 0.3) is 0 Å². The van der Waals surface area contributed by atoms with Crippen LogP contribution in [0.3, 0.4) is 0 Å². The summed E-state index contributed by atoms with van der Waals surface area (Å²) in [5.41, 5.74) is 8.72. The Morgan fingerprint density at radius 2 is 1.96 bits per heavy atom. The van der Waals surface area contributed by atoms with Crippen molar-refractivity contribution in [3.8, 4) is 5.69 Å². The van der Waals surface area contributed by atoms with Crippen LogP contribution in [0, 0.1) is 11.6 Å². The molecular weight excluding hydrogens is 340 g/mol. The summed E-state index contributed by atoms with van der Waals surface area (Å²) in [7, 11) is -0.926. The minimum atomic E-state index is -0.926. The van der Waals surface area contributed by atoms with E-state index in [4.69, 9.17) is 5.53 Å². The average Bonchev–Trinajstić information content (AvgIpc) is 3.03. The van der Waals surface area contributed by atoms with Crippen LogP contribution in [0.1, 0.15) is 5.69 Å². The maximum atomic E-state index is 14.4. The van der Waals surface area contributed by atoms with E-state index < -0.39 is 22.4 Å². The van der Waals surface area contributed by atoms with Gasteiger partial charge in [-0.2, -0.15) is 0 Å². The van der Waals surface area contributed by atoms with Gasteiger partial charge in [0.15, 0.2) is 11.6 Å². The first-order valence-electron chi connectivity index (χ1n) is 7.10. The van der Waals surface area contributed by atoms with Gasteiger partial charge in [-0.25, -0.2) is 13.5 Å². The van der Waals surface area contributed by atoms with Gasteiger partial charge in [0.2, 0.25) is 0 Å². The van der Waals surface area contributed by atoms with Crippen LogP contribution in [0.25, 0.3) is 16.1 Å². The largest absolute Gasteiger partial charge is 0.365 e. The molecule has 0 bridgehead atoms. The highest BCUT2D eigenvalue weighted by molar-refractivity contribution is 7.85. The minimum Gasteiger partial charge on any atom is -0.365 e. The van der Waals surface area contributed by atoms with Gasteiger partial charge in [-0.15, -0.1) is 5.10 Å². The van der Waals surface area contributed by atoms with Crippen molar-refractivity contribution in [2.45, 2.75) is 6.54 Å². The number of hydrogen-bond donors (Lipinski definition) is 0. The summed E-state index contributed by atoms with van der Waals surface area (Å²) in [4.78, 5) is 4.17. The number of azide groups is 1. The third-order valence-electron chi connectivity index (χ3n) is 3.60. The molecule has 0 spiro atoms. The van der Waals surface area contributed by atoms with Gasteiger partial charge >= 0.3 is 0 Å². The van der Waals surface area contributed by atoms with Crippen molar-refractivity contribution in [3.63, 3.8) is 0 Å². The first-order valence-corrected chi connectivity index (χ1v) is 8.58. The van der Waals surface area contributed by atoms with Crippen molar-refractivity contribution in [1.29, 1.82) is 0 Å². The molecule has 1 aliphatic heterocycles. The summed E-state index contributed by atoms with van der Waals surface area (Å²) in [5.74, 6) is -0.645. The summed E-state index contributed by atoms with van der Waals surface area (Å²) in [6.45, 7) is 0.698. The topological polar surface area (TPSA) is 99.8 Å². The second kappa shape index (κ2) is 6.93. The van der Waals surface area contributed by atoms with Gasteiger partial charge in [0, 0.05) is 52.4 Å². The van der Waals surface area contributed by atoms with E-state index in [0.717, 1.165) is 12.1 Å². The summed E-state index contributed by atoms with van der Waals surface area (Å²) in [6.07, 6.45) is 1.44. The highest BCUT2D eigenvalue weighted by atomic mass is 32.2. The predicted molar refractivity (Wildman–Crippen MR) is 84.2 cm³/mol. The molecule has 1 saturated heterocycles. The molecule has 126 valence electrons. The number of benzene rings is 1. The standard InChI is InChI=1S/C13H13F2N7OS/c14-11-5-10(22-8-9(18-20-22)7-17-19-16)6-12(15)13(11)21-1-3-24(23)4-2-21/h5-6,8H,1-4,7H2. The Morgan fingerprint density at radius 1 is 1.29 bits per heavy atom. The maximum Gasteiger partial charge on any atom is 0.151 e. The van der Waals surface area contributed by atoms with Crippen LogP contribution >= 0.6 is 0 Å². The number of rotatable bonds is 4. The fourth-order valence-corrected chi connectivity index (χ4v) is 3.50. The van der Waals surface area contributed by atoms with Crippen molar-refractivity contribution < 1.29 is 13.0 Å². The zero-order chi connectivity index (χ0) is 17.1. The number of aromatic nitrogens is 3. The minimum absolute atomic E-state index is 0.00443. The molecule has 1 aromatic heterocycles. The molecule has 0 aliphatic carbocycles. The van der Waals surface area contributed by atoms with Crippen molar-refractivity contribution >= 4 is 16.5 Å². The Morgan fingerprint density at radius 3 is 2.58 bits per heavy atom. The zero-order valence-electron chi connectivity index (χ0n) is 12.5. The van der Waals surface area contributed by atoms with E-state index in [1.807, 2.05) is 0 Å². The average molecular weight is 353 g/mol. The smallest absolute Gasteiger partial charge is 0.151 e. The molecule has 0 radical (unpaired) electrons. The second-order valence-corrected chi connectivity index (χ2v) is 6.83. The van der Waals surface area contributed by atoms with E-state index in [1.54, 1.807) is 4.90 Å². The summed E-state index contributed by atoms with van der Waals surface area (Å²) >= 11 is 0. The molecule has 0 saturated carbocycles. The highest BCUT2D eigenvalue weighted by Crippen LogP contribution is 2.27.